The fraction of sp³-hybridized carbons (Fsp3) is 0.0833. The Morgan fingerprint density at radius 3 is 2.67 bits per heavy atom. The molecule has 1 aromatic heterocycles. The number of hydrogen-bond acceptors (Lipinski definition) is 3. The highest BCUT2D eigenvalue weighted by atomic mass is 79.9. The van der Waals surface area contributed by atoms with Gasteiger partial charge in [-0.15, -0.1) is 0 Å². The summed E-state index contributed by atoms with van der Waals surface area (Å²) in [6, 6.07) is 9.41. The molecule has 0 unspecified atom stereocenters. The summed E-state index contributed by atoms with van der Waals surface area (Å²) in [5, 5.41) is 10.6. The molecule has 1 heterocycles. The van der Waals surface area contributed by atoms with Crippen LogP contribution in [0.1, 0.15) is 5.56 Å². The molecule has 0 aliphatic rings. The first-order valence-corrected chi connectivity index (χ1v) is 5.95. The number of nitro benzene ring substituents is 1. The van der Waals surface area contributed by atoms with Crippen LogP contribution in [0.2, 0.25) is 0 Å². The van der Waals surface area contributed by atoms with Gasteiger partial charge in [0.05, 0.1) is 11.5 Å². The summed E-state index contributed by atoms with van der Waals surface area (Å²) in [6.07, 6.45) is 1.68. The molecule has 18 heavy (non-hydrogen) atoms. The number of nitrogens with zero attached hydrogens (tertiary/aromatic N) is 2. The van der Waals surface area contributed by atoms with E-state index in [0.29, 0.717) is 11.0 Å². The van der Waals surface area contributed by atoms with Gasteiger partial charge in [0, 0.05) is 28.9 Å². The summed E-state index contributed by atoms with van der Waals surface area (Å²) in [5.74, 6) is 0. The Morgan fingerprint density at radius 1 is 1.28 bits per heavy atom. The van der Waals surface area contributed by atoms with E-state index in [0.717, 1.165) is 5.56 Å². The van der Waals surface area contributed by atoms with E-state index in [1.807, 2.05) is 0 Å². The number of halogens is 1. The third-order valence-corrected chi connectivity index (χ3v) is 3.23. The minimum atomic E-state index is -0.455. The maximum Gasteiger partial charge on any atom is 0.270 e. The van der Waals surface area contributed by atoms with Crippen LogP contribution >= 0.6 is 15.9 Å². The molecule has 92 valence electrons. The van der Waals surface area contributed by atoms with Gasteiger partial charge in [-0.3, -0.25) is 14.9 Å². The topological polar surface area (TPSA) is 65.1 Å². The first-order chi connectivity index (χ1) is 8.58. The average molecular weight is 309 g/mol. The zero-order valence-corrected chi connectivity index (χ0v) is 10.8. The summed E-state index contributed by atoms with van der Waals surface area (Å²) >= 11 is 3.28. The minimum absolute atomic E-state index is 0.0195. The van der Waals surface area contributed by atoms with Crippen molar-refractivity contribution in [3.05, 3.63) is 73.1 Å². The van der Waals surface area contributed by atoms with Gasteiger partial charge < -0.3 is 4.57 Å². The highest BCUT2D eigenvalue weighted by Crippen LogP contribution is 2.23. The molecule has 5 nitrogen and oxygen atoms in total. The second kappa shape index (κ2) is 5.14. The highest BCUT2D eigenvalue weighted by Gasteiger charge is 2.09. The molecule has 0 amide bonds. The summed E-state index contributed by atoms with van der Waals surface area (Å²) < 4.78 is 2.15. The maximum atomic E-state index is 11.5. The van der Waals surface area contributed by atoms with Crippen molar-refractivity contribution in [2.75, 3.05) is 0 Å². The van der Waals surface area contributed by atoms with Crippen LogP contribution in [0, 0.1) is 10.1 Å². The van der Waals surface area contributed by atoms with Crippen LogP contribution in [-0.4, -0.2) is 9.49 Å². The molecule has 0 aliphatic heterocycles. The third kappa shape index (κ3) is 2.65. The van der Waals surface area contributed by atoms with Gasteiger partial charge in [0.1, 0.15) is 0 Å². The Morgan fingerprint density at radius 2 is 2.06 bits per heavy atom. The van der Waals surface area contributed by atoms with Crippen LogP contribution in [0.25, 0.3) is 0 Å². The molecule has 0 atom stereocenters. The van der Waals surface area contributed by atoms with Gasteiger partial charge in [0.25, 0.3) is 11.2 Å². The number of aromatic nitrogens is 1. The molecule has 1 aromatic carbocycles. The van der Waals surface area contributed by atoms with Crippen LogP contribution in [0.5, 0.6) is 0 Å². The SMILES string of the molecule is O=c1ccccn1Cc1ccc([N+](=O)[O-])cc1Br. The summed E-state index contributed by atoms with van der Waals surface area (Å²) in [7, 11) is 0. The van der Waals surface area contributed by atoms with Crippen molar-refractivity contribution in [3.8, 4) is 0 Å². The fourth-order valence-electron chi connectivity index (χ4n) is 1.55. The van der Waals surface area contributed by atoms with Crippen molar-refractivity contribution in [3.63, 3.8) is 0 Å². The smallest absolute Gasteiger partial charge is 0.270 e. The van der Waals surface area contributed by atoms with E-state index >= 15 is 0 Å². The fourth-order valence-corrected chi connectivity index (χ4v) is 2.04. The van der Waals surface area contributed by atoms with Crippen molar-refractivity contribution in [2.45, 2.75) is 6.54 Å². The minimum Gasteiger partial charge on any atom is -0.311 e. The van der Waals surface area contributed by atoms with Gasteiger partial charge in [0.2, 0.25) is 0 Å². The monoisotopic (exact) mass is 308 g/mol. The summed E-state index contributed by atoms with van der Waals surface area (Å²) in [4.78, 5) is 21.7. The summed E-state index contributed by atoms with van der Waals surface area (Å²) in [6.45, 7) is 0.373. The summed E-state index contributed by atoms with van der Waals surface area (Å²) in [5.41, 5.74) is 0.725. The molecule has 0 bridgehead atoms. The lowest BCUT2D eigenvalue weighted by Crippen LogP contribution is -2.18. The van der Waals surface area contributed by atoms with Gasteiger partial charge in [-0.05, 0) is 17.7 Å². The van der Waals surface area contributed by atoms with E-state index in [2.05, 4.69) is 15.9 Å². The van der Waals surface area contributed by atoms with E-state index in [4.69, 9.17) is 0 Å². The Kier molecular flexibility index (Phi) is 3.57. The van der Waals surface area contributed by atoms with Crippen LogP contribution in [0.15, 0.2) is 51.9 Å². The lowest BCUT2D eigenvalue weighted by molar-refractivity contribution is -0.384. The molecular weight excluding hydrogens is 300 g/mol. The zero-order valence-electron chi connectivity index (χ0n) is 9.25. The van der Waals surface area contributed by atoms with E-state index < -0.39 is 4.92 Å². The average Bonchev–Trinajstić information content (AvgIpc) is 2.34. The van der Waals surface area contributed by atoms with Crippen LogP contribution in [0.4, 0.5) is 5.69 Å². The van der Waals surface area contributed by atoms with Gasteiger partial charge >= 0.3 is 0 Å². The standard InChI is InChI=1S/C12H9BrN2O3/c13-11-7-10(15(17)18)5-4-9(11)8-14-6-2-1-3-12(14)16/h1-7H,8H2. The Balaban J connectivity index is 2.33. The largest absolute Gasteiger partial charge is 0.311 e. The van der Waals surface area contributed by atoms with Crippen molar-refractivity contribution < 1.29 is 4.92 Å². The number of benzene rings is 1. The molecule has 0 saturated heterocycles. The van der Waals surface area contributed by atoms with Crippen molar-refractivity contribution in [2.24, 2.45) is 0 Å². The second-order valence-corrected chi connectivity index (χ2v) is 4.55. The Labute approximate surface area is 111 Å². The Hall–Kier alpha value is -1.95. The molecule has 0 fully saturated rings. The van der Waals surface area contributed by atoms with Gasteiger partial charge in [-0.2, -0.15) is 0 Å². The third-order valence-electron chi connectivity index (χ3n) is 2.49. The van der Waals surface area contributed by atoms with E-state index in [1.165, 1.54) is 22.8 Å². The number of non-ortho nitro benzene ring substituents is 1. The van der Waals surface area contributed by atoms with E-state index in [9.17, 15) is 14.9 Å². The number of pyridine rings is 1. The van der Waals surface area contributed by atoms with Crippen LogP contribution < -0.4 is 5.56 Å². The zero-order chi connectivity index (χ0) is 13.1. The molecule has 2 aromatic rings. The quantitative estimate of drug-likeness (QED) is 0.646. The Bertz CT molecular complexity index is 652. The van der Waals surface area contributed by atoms with Crippen LogP contribution in [-0.2, 0) is 6.54 Å². The lowest BCUT2D eigenvalue weighted by atomic mass is 10.2. The number of nitro groups is 1. The van der Waals surface area contributed by atoms with E-state index in [1.54, 1.807) is 24.4 Å². The van der Waals surface area contributed by atoms with Crippen molar-refractivity contribution in [1.82, 2.24) is 4.57 Å². The number of hydrogen-bond donors (Lipinski definition) is 0. The normalized spacial score (nSPS) is 10.3. The molecule has 0 saturated carbocycles. The molecule has 0 N–H and O–H groups in total. The van der Waals surface area contributed by atoms with Gasteiger partial charge in [-0.1, -0.05) is 22.0 Å². The molecule has 0 radical (unpaired) electrons. The second-order valence-electron chi connectivity index (χ2n) is 3.70. The van der Waals surface area contributed by atoms with Crippen LogP contribution in [0.3, 0.4) is 0 Å². The predicted octanol–water partition coefficient (Wildman–Crippen LogP) is 2.57. The van der Waals surface area contributed by atoms with E-state index in [-0.39, 0.29) is 11.2 Å². The molecule has 0 spiro atoms. The molecule has 0 aliphatic carbocycles. The lowest BCUT2D eigenvalue weighted by Gasteiger charge is -2.07. The van der Waals surface area contributed by atoms with Gasteiger partial charge in [0.15, 0.2) is 0 Å². The predicted molar refractivity (Wildman–Crippen MR) is 70.6 cm³/mol. The maximum absolute atomic E-state index is 11.5. The molecular formula is C12H9BrN2O3. The van der Waals surface area contributed by atoms with Crippen molar-refractivity contribution in [1.29, 1.82) is 0 Å². The van der Waals surface area contributed by atoms with Gasteiger partial charge in [-0.25, -0.2) is 0 Å². The first kappa shape index (κ1) is 12.5. The highest BCUT2D eigenvalue weighted by molar-refractivity contribution is 9.10. The number of rotatable bonds is 3. The molecule has 6 heteroatoms. The first-order valence-electron chi connectivity index (χ1n) is 5.16. The molecule has 2 rings (SSSR count). The van der Waals surface area contributed by atoms with Crippen molar-refractivity contribution >= 4 is 21.6 Å².